The van der Waals surface area contributed by atoms with Crippen molar-refractivity contribution in [1.29, 1.82) is 0 Å². The second-order valence-corrected chi connectivity index (χ2v) is 10.2. The van der Waals surface area contributed by atoms with Gasteiger partial charge < -0.3 is 0 Å². The lowest BCUT2D eigenvalue weighted by Crippen LogP contribution is -2.29. The zero-order valence-corrected chi connectivity index (χ0v) is 19.3. The number of ketones is 1. The number of carbonyl (C=O) groups is 1. The maximum Gasteiger partial charge on any atom is 0.177 e. The molecular weight excluding hydrogens is 440 g/mol. The van der Waals surface area contributed by atoms with Crippen LogP contribution in [0.4, 0.5) is 0 Å². The number of carbonyl (C=O) groups excluding carboxylic acids is 1. The molecule has 0 bridgehead atoms. The van der Waals surface area contributed by atoms with Gasteiger partial charge in [-0.15, -0.1) is 46.4 Å². The van der Waals surface area contributed by atoms with E-state index < -0.39 is 0 Å². The third kappa shape index (κ3) is 3.92. The highest BCUT2D eigenvalue weighted by molar-refractivity contribution is 7.22. The SMILES string of the molecule is CCN1CCc2c(sc(CC(=O)c3cccs3)c2-c2nc3ccccc3s2)C1.Cl. The molecule has 3 nitrogen and oxygen atoms in total. The van der Waals surface area contributed by atoms with Gasteiger partial charge in [0.2, 0.25) is 0 Å². The Morgan fingerprint density at radius 3 is 2.79 bits per heavy atom. The molecule has 4 aromatic rings. The van der Waals surface area contributed by atoms with Gasteiger partial charge in [-0.2, -0.15) is 0 Å². The number of likely N-dealkylation sites (N-methyl/N-ethyl adjacent to an activating group) is 1. The Morgan fingerprint density at radius 2 is 2.03 bits per heavy atom. The number of nitrogens with zero attached hydrogens (tertiary/aromatic N) is 2. The molecule has 0 saturated carbocycles. The Morgan fingerprint density at radius 1 is 1.17 bits per heavy atom. The van der Waals surface area contributed by atoms with Crippen molar-refractivity contribution < 1.29 is 4.79 Å². The minimum Gasteiger partial charge on any atom is -0.298 e. The molecule has 1 aliphatic heterocycles. The fraction of sp³-hybridized carbons (Fsp3) is 0.273. The monoisotopic (exact) mass is 460 g/mol. The maximum atomic E-state index is 12.9. The van der Waals surface area contributed by atoms with Gasteiger partial charge in [-0.1, -0.05) is 25.1 Å². The van der Waals surface area contributed by atoms with E-state index in [1.165, 1.54) is 36.9 Å². The number of thiazole rings is 1. The van der Waals surface area contributed by atoms with Crippen molar-refractivity contribution in [1.82, 2.24) is 9.88 Å². The molecule has 3 aromatic heterocycles. The van der Waals surface area contributed by atoms with Crippen LogP contribution < -0.4 is 0 Å². The van der Waals surface area contributed by atoms with Crippen molar-refractivity contribution in [2.45, 2.75) is 26.3 Å². The smallest absolute Gasteiger partial charge is 0.177 e. The number of fused-ring (bicyclic) bond motifs is 2. The van der Waals surface area contributed by atoms with Gasteiger partial charge in [0.05, 0.1) is 15.1 Å². The first kappa shape index (κ1) is 20.7. The van der Waals surface area contributed by atoms with E-state index in [9.17, 15) is 4.79 Å². The average molecular weight is 461 g/mol. The molecule has 0 radical (unpaired) electrons. The van der Waals surface area contributed by atoms with E-state index >= 15 is 0 Å². The Hall–Kier alpha value is -1.57. The molecule has 0 fully saturated rings. The van der Waals surface area contributed by atoms with E-state index in [2.05, 4.69) is 30.0 Å². The predicted octanol–water partition coefficient (Wildman–Crippen LogP) is 6.31. The number of halogens is 1. The number of rotatable bonds is 5. The van der Waals surface area contributed by atoms with Gasteiger partial charge in [-0.05, 0) is 42.1 Å². The first-order valence-electron chi connectivity index (χ1n) is 9.51. The second-order valence-electron chi connectivity index (χ2n) is 6.98. The van der Waals surface area contributed by atoms with Crippen molar-refractivity contribution >= 4 is 62.4 Å². The van der Waals surface area contributed by atoms with Gasteiger partial charge in [-0.3, -0.25) is 9.69 Å². The maximum absolute atomic E-state index is 12.9. The third-order valence-corrected chi connectivity index (χ3v) is 8.46. The predicted molar refractivity (Wildman–Crippen MR) is 127 cm³/mol. The molecular formula is C22H21ClN2OS3. The lowest BCUT2D eigenvalue weighted by Gasteiger charge is -2.25. The minimum atomic E-state index is 0. The topological polar surface area (TPSA) is 33.2 Å². The van der Waals surface area contributed by atoms with Gasteiger partial charge >= 0.3 is 0 Å². The van der Waals surface area contributed by atoms with Crippen LogP contribution in [0.25, 0.3) is 20.8 Å². The summed E-state index contributed by atoms with van der Waals surface area (Å²) in [7, 11) is 0. The number of thiophene rings is 2. The highest BCUT2D eigenvalue weighted by atomic mass is 35.5. The highest BCUT2D eigenvalue weighted by Gasteiger charge is 2.27. The van der Waals surface area contributed by atoms with Crippen molar-refractivity contribution in [3.05, 3.63) is 62.0 Å². The molecule has 7 heteroatoms. The molecule has 0 amide bonds. The summed E-state index contributed by atoms with van der Waals surface area (Å²) in [6.45, 7) is 5.35. The molecule has 29 heavy (non-hydrogen) atoms. The molecule has 0 spiro atoms. The highest BCUT2D eigenvalue weighted by Crippen LogP contribution is 2.43. The number of Topliss-reactive ketones (excluding diaryl/α,β-unsaturated/α-hetero) is 1. The van der Waals surface area contributed by atoms with Crippen molar-refractivity contribution in [2.75, 3.05) is 13.1 Å². The summed E-state index contributed by atoms with van der Waals surface area (Å²) in [5.41, 5.74) is 3.70. The fourth-order valence-electron chi connectivity index (χ4n) is 3.81. The molecule has 1 aliphatic rings. The Kier molecular flexibility index (Phi) is 6.18. The number of hydrogen-bond acceptors (Lipinski definition) is 6. The largest absolute Gasteiger partial charge is 0.298 e. The van der Waals surface area contributed by atoms with Gasteiger partial charge in [0.1, 0.15) is 5.01 Å². The van der Waals surface area contributed by atoms with E-state index in [0.29, 0.717) is 6.42 Å². The van der Waals surface area contributed by atoms with E-state index in [1.807, 2.05) is 34.9 Å². The Labute approximate surface area is 188 Å². The van der Waals surface area contributed by atoms with Crippen LogP contribution in [0.5, 0.6) is 0 Å². The van der Waals surface area contributed by atoms with E-state index in [-0.39, 0.29) is 18.2 Å². The van der Waals surface area contributed by atoms with Crippen molar-refractivity contribution in [3.8, 4) is 10.6 Å². The molecule has 1 aromatic carbocycles. The molecule has 0 atom stereocenters. The molecule has 0 aliphatic carbocycles. The zero-order valence-electron chi connectivity index (χ0n) is 16.0. The summed E-state index contributed by atoms with van der Waals surface area (Å²) in [6.07, 6.45) is 1.51. The zero-order chi connectivity index (χ0) is 19.1. The summed E-state index contributed by atoms with van der Waals surface area (Å²) in [5.74, 6) is 0.211. The van der Waals surface area contributed by atoms with Crippen LogP contribution in [0, 0.1) is 0 Å². The van der Waals surface area contributed by atoms with Crippen LogP contribution in [-0.4, -0.2) is 28.8 Å². The van der Waals surface area contributed by atoms with Crippen molar-refractivity contribution in [2.24, 2.45) is 0 Å². The van der Waals surface area contributed by atoms with Crippen LogP contribution >= 0.6 is 46.4 Å². The standard InChI is InChI=1S/C22H20N2OS3.ClH/c1-2-24-10-9-14-20(13-24)27-19(12-16(25)18-8-5-11-26-18)21(14)22-23-15-6-3-4-7-17(15)28-22;/h3-8,11H,2,9-10,12-13H2,1H3;1H. The first-order chi connectivity index (χ1) is 13.7. The number of hydrogen-bond donors (Lipinski definition) is 0. The summed E-state index contributed by atoms with van der Waals surface area (Å²) in [6, 6.07) is 12.2. The number of para-hydroxylation sites is 1. The van der Waals surface area contributed by atoms with Crippen LogP contribution in [0.15, 0.2) is 41.8 Å². The van der Waals surface area contributed by atoms with Gasteiger partial charge in [0.25, 0.3) is 0 Å². The molecule has 0 saturated heterocycles. The summed E-state index contributed by atoms with van der Waals surface area (Å²) in [5, 5.41) is 3.04. The summed E-state index contributed by atoms with van der Waals surface area (Å²) >= 11 is 5.10. The molecule has 0 N–H and O–H groups in total. The minimum absolute atomic E-state index is 0. The first-order valence-corrected chi connectivity index (χ1v) is 12.0. The lowest BCUT2D eigenvalue weighted by molar-refractivity contribution is 0.0998. The van der Waals surface area contributed by atoms with Crippen LogP contribution in [0.1, 0.15) is 31.9 Å². The number of benzene rings is 1. The normalized spacial score (nSPS) is 14.0. The van der Waals surface area contributed by atoms with Crippen LogP contribution in [0.2, 0.25) is 0 Å². The summed E-state index contributed by atoms with van der Waals surface area (Å²) < 4.78 is 1.21. The van der Waals surface area contributed by atoms with Gasteiger partial charge in [-0.25, -0.2) is 4.98 Å². The van der Waals surface area contributed by atoms with E-state index in [1.54, 1.807) is 11.3 Å². The quantitative estimate of drug-likeness (QED) is 0.327. The second kappa shape index (κ2) is 8.66. The number of aromatic nitrogens is 1. The lowest BCUT2D eigenvalue weighted by atomic mass is 10.00. The van der Waals surface area contributed by atoms with E-state index in [4.69, 9.17) is 4.98 Å². The molecule has 150 valence electrons. The van der Waals surface area contributed by atoms with E-state index in [0.717, 1.165) is 41.5 Å². The van der Waals surface area contributed by atoms with Crippen LogP contribution in [0.3, 0.4) is 0 Å². The Bertz CT molecular complexity index is 1110. The molecule has 4 heterocycles. The van der Waals surface area contributed by atoms with Crippen molar-refractivity contribution in [3.63, 3.8) is 0 Å². The molecule has 0 unspecified atom stereocenters. The average Bonchev–Trinajstić information content (AvgIpc) is 3.44. The third-order valence-electron chi connectivity index (χ3n) is 5.28. The Balaban J connectivity index is 0.00000205. The van der Waals surface area contributed by atoms with Gasteiger partial charge in [0, 0.05) is 34.8 Å². The molecule has 5 rings (SSSR count). The fourth-order valence-corrected chi connectivity index (χ4v) is 7.00. The van der Waals surface area contributed by atoms with Gasteiger partial charge in [0.15, 0.2) is 5.78 Å². The van der Waals surface area contributed by atoms with Crippen LogP contribution in [-0.2, 0) is 19.4 Å². The summed E-state index contributed by atoms with van der Waals surface area (Å²) in [4.78, 5) is 23.7.